The highest BCUT2D eigenvalue weighted by Gasteiger charge is 2.25. The molecule has 4 aromatic rings. The maximum Gasteiger partial charge on any atom is 0.150 e. The van der Waals surface area contributed by atoms with Gasteiger partial charge >= 0.3 is 0 Å². The van der Waals surface area contributed by atoms with Gasteiger partial charge in [-0.2, -0.15) is 10.4 Å². The third-order valence-corrected chi connectivity index (χ3v) is 6.52. The third-order valence-electron chi connectivity index (χ3n) is 6.52. The molecule has 1 aliphatic rings. The molecule has 0 amide bonds. The highest BCUT2D eigenvalue weighted by atomic mass is 19.1. The number of nitrogens with one attached hydrogen (secondary N) is 1. The van der Waals surface area contributed by atoms with E-state index in [1.807, 2.05) is 11.6 Å². The van der Waals surface area contributed by atoms with Crippen LogP contribution in [0, 0.1) is 29.9 Å². The fourth-order valence-corrected chi connectivity index (χ4v) is 4.75. The van der Waals surface area contributed by atoms with Crippen LogP contribution in [0.1, 0.15) is 55.8 Å². The number of halogens is 2. The molecule has 12 heteroatoms. The predicted octanol–water partition coefficient (Wildman–Crippen LogP) is 3.92. The molecular weight excluding hydrogens is 494 g/mol. The smallest absolute Gasteiger partial charge is 0.150 e. The first-order valence-corrected chi connectivity index (χ1v) is 12.5. The van der Waals surface area contributed by atoms with Crippen LogP contribution in [0.5, 0.6) is 5.75 Å². The van der Waals surface area contributed by atoms with Crippen LogP contribution in [-0.4, -0.2) is 55.4 Å². The van der Waals surface area contributed by atoms with Crippen LogP contribution in [-0.2, 0) is 4.74 Å². The molecule has 0 radical (unpaired) electrons. The lowest BCUT2D eigenvalue weighted by Crippen LogP contribution is -2.30. The molecule has 4 aromatic heterocycles. The Morgan fingerprint density at radius 2 is 2.00 bits per heavy atom. The summed E-state index contributed by atoms with van der Waals surface area (Å²) in [6.07, 6.45) is 4.89. The number of nitrogens with zero attached hydrogens (tertiary/aromatic N) is 7. The van der Waals surface area contributed by atoms with Gasteiger partial charge in [0.1, 0.15) is 58.6 Å². The fraction of sp³-hybridized carbons (Fsp3) is 0.423. The predicted molar refractivity (Wildman–Crippen MR) is 133 cm³/mol. The van der Waals surface area contributed by atoms with Crippen LogP contribution in [0.2, 0.25) is 0 Å². The molecule has 0 bridgehead atoms. The first kappa shape index (κ1) is 25.7. The maximum atomic E-state index is 14.6. The average molecular weight is 523 g/mol. The summed E-state index contributed by atoms with van der Waals surface area (Å²) in [5.74, 6) is -1.27. The first-order valence-electron chi connectivity index (χ1n) is 12.5. The van der Waals surface area contributed by atoms with E-state index >= 15 is 0 Å². The fourth-order valence-electron chi connectivity index (χ4n) is 4.75. The molecule has 38 heavy (non-hydrogen) atoms. The minimum absolute atomic E-state index is 0.0675. The Labute approximate surface area is 218 Å². The van der Waals surface area contributed by atoms with E-state index in [2.05, 4.69) is 31.8 Å². The van der Waals surface area contributed by atoms with Crippen LogP contribution >= 0.6 is 0 Å². The van der Waals surface area contributed by atoms with Gasteiger partial charge in [0.15, 0.2) is 0 Å². The second-order valence-corrected chi connectivity index (χ2v) is 9.51. The molecular formula is C26H28F2N8O2. The SMILES string of the molecule is Cc1c(-c2cc(OCC(OC(C)C)c3ncc(F)cc3F)c3c(C#N)cnn3c2)nnn1C1CCNCC1. The minimum Gasteiger partial charge on any atom is -0.488 e. The van der Waals surface area contributed by atoms with Crippen molar-refractivity contribution >= 4 is 5.52 Å². The number of fused-ring (bicyclic) bond motifs is 1. The summed E-state index contributed by atoms with van der Waals surface area (Å²) in [5.41, 5.74) is 2.98. The Morgan fingerprint density at radius 1 is 1.21 bits per heavy atom. The van der Waals surface area contributed by atoms with Gasteiger partial charge < -0.3 is 14.8 Å². The molecule has 1 aliphatic heterocycles. The summed E-state index contributed by atoms with van der Waals surface area (Å²) in [6, 6.07) is 4.92. The molecule has 1 saturated heterocycles. The van der Waals surface area contributed by atoms with Crippen LogP contribution in [0.3, 0.4) is 0 Å². The minimum atomic E-state index is -0.921. The van der Waals surface area contributed by atoms with Gasteiger partial charge in [0.05, 0.1) is 30.2 Å². The lowest BCUT2D eigenvalue weighted by Gasteiger charge is -2.23. The molecule has 0 aromatic carbocycles. The zero-order valence-corrected chi connectivity index (χ0v) is 21.4. The molecule has 0 saturated carbocycles. The highest BCUT2D eigenvalue weighted by Crippen LogP contribution is 2.33. The highest BCUT2D eigenvalue weighted by molar-refractivity contribution is 5.74. The maximum absolute atomic E-state index is 14.6. The van der Waals surface area contributed by atoms with E-state index in [-0.39, 0.29) is 24.4 Å². The van der Waals surface area contributed by atoms with E-state index in [0.717, 1.165) is 43.9 Å². The van der Waals surface area contributed by atoms with Gasteiger partial charge in [-0.1, -0.05) is 5.21 Å². The van der Waals surface area contributed by atoms with E-state index < -0.39 is 17.7 Å². The van der Waals surface area contributed by atoms with Gasteiger partial charge in [-0.25, -0.2) is 18.0 Å². The quantitative estimate of drug-likeness (QED) is 0.370. The molecule has 5 heterocycles. The van der Waals surface area contributed by atoms with Crippen molar-refractivity contribution in [3.63, 3.8) is 0 Å². The average Bonchev–Trinajstić information content (AvgIpc) is 3.50. The second kappa shape index (κ2) is 10.8. The lowest BCUT2D eigenvalue weighted by molar-refractivity contribution is -0.0230. The van der Waals surface area contributed by atoms with Crippen LogP contribution in [0.4, 0.5) is 8.78 Å². The Kier molecular flexibility index (Phi) is 7.31. The van der Waals surface area contributed by atoms with E-state index in [0.29, 0.717) is 28.1 Å². The molecule has 0 aliphatic carbocycles. The zero-order valence-electron chi connectivity index (χ0n) is 21.4. The summed E-state index contributed by atoms with van der Waals surface area (Å²) in [5, 5.41) is 26.2. The van der Waals surface area contributed by atoms with Crippen molar-refractivity contribution in [3.8, 4) is 23.1 Å². The van der Waals surface area contributed by atoms with Crippen LogP contribution in [0.15, 0.2) is 30.7 Å². The van der Waals surface area contributed by atoms with Gasteiger partial charge in [-0.05, 0) is 52.8 Å². The number of piperidine rings is 1. The van der Waals surface area contributed by atoms with Crippen molar-refractivity contribution in [2.24, 2.45) is 0 Å². The molecule has 1 atom stereocenters. The Morgan fingerprint density at radius 3 is 2.71 bits per heavy atom. The van der Waals surface area contributed by atoms with Crippen molar-refractivity contribution < 1.29 is 18.3 Å². The van der Waals surface area contributed by atoms with Crippen molar-refractivity contribution in [1.82, 2.24) is 34.9 Å². The normalized spacial score (nSPS) is 15.2. The summed E-state index contributed by atoms with van der Waals surface area (Å²) < 4.78 is 43.6. The van der Waals surface area contributed by atoms with Gasteiger partial charge in [0, 0.05) is 17.8 Å². The van der Waals surface area contributed by atoms with E-state index in [4.69, 9.17) is 9.47 Å². The summed E-state index contributed by atoms with van der Waals surface area (Å²) in [7, 11) is 0. The van der Waals surface area contributed by atoms with Crippen molar-refractivity contribution in [3.05, 3.63) is 59.3 Å². The first-order chi connectivity index (χ1) is 18.4. The molecule has 1 unspecified atom stereocenters. The van der Waals surface area contributed by atoms with Gasteiger partial charge in [0.2, 0.25) is 0 Å². The summed E-state index contributed by atoms with van der Waals surface area (Å²) in [4.78, 5) is 3.90. The second-order valence-electron chi connectivity index (χ2n) is 9.51. The number of hydrogen-bond acceptors (Lipinski definition) is 8. The van der Waals surface area contributed by atoms with E-state index in [9.17, 15) is 14.0 Å². The number of rotatable bonds is 8. The van der Waals surface area contributed by atoms with Gasteiger partial charge in [-0.15, -0.1) is 5.10 Å². The summed E-state index contributed by atoms with van der Waals surface area (Å²) in [6.45, 7) is 7.29. The Balaban J connectivity index is 1.51. The summed E-state index contributed by atoms with van der Waals surface area (Å²) >= 11 is 0. The van der Waals surface area contributed by atoms with Crippen molar-refractivity contribution in [2.75, 3.05) is 19.7 Å². The lowest BCUT2D eigenvalue weighted by atomic mass is 10.1. The Bertz CT molecular complexity index is 1490. The molecule has 198 valence electrons. The van der Waals surface area contributed by atoms with Gasteiger partial charge in [0.25, 0.3) is 0 Å². The standard InChI is InChI=1S/C26H28F2N8O2/c1-15(2)38-23(25-21(28)9-19(27)12-31-25)14-37-22-8-17(13-35-26(22)18(10-29)11-32-35)24-16(3)36(34-33-24)20-4-6-30-7-5-20/h8-9,11-13,15,20,23,30H,4-7,14H2,1-3H3. The number of ether oxygens (including phenoxy) is 2. The monoisotopic (exact) mass is 522 g/mol. The third kappa shape index (κ3) is 5.07. The molecule has 1 fully saturated rings. The zero-order chi connectivity index (χ0) is 26.8. The van der Waals surface area contributed by atoms with Crippen molar-refractivity contribution in [2.45, 2.75) is 51.9 Å². The van der Waals surface area contributed by atoms with Crippen LogP contribution < -0.4 is 10.1 Å². The molecule has 1 N–H and O–H groups in total. The van der Waals surface area contributed by atoms with E-state index in [1.165, 1.54) is 6.20 Å². The number of aromatic nitrogens is 6. The van der Waals surface area contributed by atoms with Crippen LogP contribution in [0.25, 0.3) is 16.8 Å². The molecule has 5 rings (SSSR count). The number of nitriles is 1. The largest absolute Gasteiger partial charge is 0.488 e. The topological polar surface area (TPSA) is 115 Å². The molecule has 10 nitrogen and oxygen atoms in total. The Hall–Kier alpha value is -3.95. The van der Waals surface area contributed by atoms with E-state index in [1.54, 1.807) is 30.6 Å². The molecule has 0 spiro atoms. The van der Waals surface area contributed by atoms with Gasteiger partial charge in [-0.3, -0.25) is 4.98 Å². The number of pyridine rings is 2. The van der Waals surface area contributed by atoms with Crippen molar-refractivity contribution in [1.29, 1.82) is 5.26 Å². The number of hydrogen-bond donors (Lipinski definition) is 1.